The van der Waals surface area contributed by atoms with E-state index < -0.39 is 0 Å². The zero-order valence-electron chi connectivity index (χ0n) is 15.8. The van der Waals surface area contributed by atoms with Gasteiger partial charge in [0.25, 0.3) is 5.91 Å². The molecule has 29 heavy (non-hydrogen) atoms. The van der Waals surface area contributed by atoms with E-state index in [0.29, 0.717) is 5.56 Å². The van der Waals surface area contributed by atoms with Crippen LogP contribution in [-0.4, -0.2) is 25.7 Å². The lowest BCUT2D eigenvalue weighted by Crippen LogP contribution is -2.26. The molecule has 0 radical (unpaired) electrons. The first kappa shape index (κ1) is 18.9. The maximum atomic E-state index is 12.6. The molecule has 2 aromatic carbocycles. The largest absolute Gasteiger partial charge is 0.346 e. The Morgan fingerprint density at radius 2 is 1.83 bits per heavy atom. The van der Waals surface area contributed by atoms with E-state index in [-0.39, 0.29) is 11.9 Å². The molecule has 1 atom stereocenters. The fourth-order valence-corrected chi connectivity index (χ4v) is 3.60. The molecule has 0 saturated heterocycles. The first-order valence-electron chi connectivity index (χ1n) is 9.14. The summed E-state index contributed by atoms with van der Waals surface area (Å²) >= 11 is 1.56. The molecule has 4 rings (SSSR count). The predicted molar refractivity (Wildman–Crippen MR) is 112 cm³/mol. The standard InChI is InChI=1S/C22H19N5OS/c1-16(17-5-9-19(10-6-17)27-15-23-14-25-27)26-22(28)18-7-11-20(12-8-18)29-21-4-2-3-13-24-21/h2-16H,1H3,(H,26,28). The summed E-state index contributed by atoms with van der Waals surface area (Å²) in [7, 11) is 0. The summed E-state index contributed by atoms with van der Waals surface area (Å²) in [5.41, 5.74) is 2.57. The third-order valence-corrected chi connectivity index (χ3v) is 5.36. The van der Waals surface area contributed by atoms with Crippen LogP contribution in [0.4, 0.5) is 0 Å². The number of pyridine rings is 1. The maximum absolute atomic E-state index is 12.6. The molecule has 1 N–H and O–H groups in total. The molecular formula is C22H19N5OS. The Morgan fingerprint density at radius 3 is 2.48 bits per heavy atom. The lowest BCUT2D eigenvalue weighted by atomic mass is 10.1. The van der Waals surface area contributed by atoms with E-state index in [0.717, 1.165) is 21.2 Å². The molecule has 0 bridgehead atoms. The van der Waals surface area contributed by atoms with Crippen molar-refractivity contribution in [2.75, 3.05) is 0 Å². The van der Waals surface area contributed by atoms with Crippen LogP contribution in [0, 0.1) is 0 Å². The molecular weight excluding hydrogens is 382 g/mol. The van der Waals surface area contributed by atoms with Gasteiger partial charge in [-0.15, -0.1) is 0 Å². The summed E-state index contributed by atoms with van der Waals surface area (Å²) in [4.78, 5) is 21.9. The van der Waals surface area contributed by atoms with Crippen molar-refractivity contribution in [1.29, 1.82) is 0 Å². The Labute approximate surface area is 173 Å². The molecule has 0 aliphatic rings. The second kappa shape index (κ2) is 8.70. The molecule has 0 aliphatic heterocycles. The molecule has 2 aromatic heterocycles. The van der Waals surface area contributed by atoms with Crippen LogP contribution < -0.4 is 5.32 Å². The van der Waals surface area contributed by atoms with Crippen LogP contribution in [0.15, 0.2) is 95.5 Å². The summed E-state index contributed by atoms with van der Waals surface area (Å²) < 4.78 is 1.69. The van der Waals surface area contributed by atoms with Gasteiger partial charge in [-0.3, -0.25) is 4.79 Å². The molecule has 0 aliphatic carbocycles. The van der Waals surface area contributed by atoms with E-state index >= 15 is 0 Å². The Morgan fingerprint density at radius 1 is 1.03 bits per heavy atom. The van der Waals surface area contributed by atoms with Gasteiger partial charge in [-0.25, -0.2) is 14.6 Å². The predicted octanol–water partition coefficient (Wildman–Crippen LogP) is 4.30. The Kier molecular flexibility index (Phi) is 5.67. The van der Waals surface area contributed by atoms with Crippen LogP contribution >= 0.6 is 11.8 Å². The van der Waals surface area contributed by atoms with Crippen molar-refractivity contribution in [2.45, 2.75) is 22.9 Å². The van der Waals surface area contributed by atoms with Crippen molar-refractivity contribution in [1.82, 2.24) is 25.1 Å². The fourth-order valence-electron chi connectivity index (χ4n) is 2.82. The normalized spacial score (nSPS) is 11.8. The highest BCUT2D eigenvalue weighted by atomic mass is 32.2. The number of carbonyl (C=O) groups excluding carboxylic acids is 1. The van der Waals surface area contributed by atoms with Gasteiger partial charge in [0, 0.05) is 16.7 Å². The van der Waals surface area contributed by atoms with Crippen molar-refractivity contribution >= 4 is 17.7 Å². The van der Waals surface area contributed by atoms with Gasteiger partial charge in [-0.1, -0.05) is 30.0 Å². The minimum absolute atomic E-state index is 0.104. The average molecular weight is 401 g/mol. The minimum atomic E-state index is -0.116. The van der Waals surface area contributed by atoms with E-state index in [4.69, 9.17) is 0 Å². The van der Waals surface area contributed by atoms with Crippen molar-refractivity contribution in [3.05, 3.63) is 96.7 Å². The van der Waals surface area contributed by atoms with Crippen LogP contribution in [0.2, 0.25) is 0 Å². The fraction of sp³-hybridized carbons (Fsp3) is 0.0909. The molecule has 144 valence electrons. The highest BCUT2D eigenvalue weighted by molar-refractivity contribution is 7.99. The Hall–Kier alpha value is -3.45. The Balaban J connectivity index is 1.38. The summed E-state index contributed by atoms with van der Waals surface area (Å²) in [5, 5.41) is 8.08. The highest BCUT2D eigenvalue weighted by Crippen LogP contribution is 2.25. The number of benzene rings is 2. The molecule has 0 fully saturated rings. The zero-order chi connectivity index (χ0) is 20.1. The van der Waals surface area contributed by atoms with Crippen LogP contribution in [0.25, 0.3) is 5.69 Å². The topological polar surface area (TPSA) is 72.7 Å². The summed E-state index contributed by atoms with van der Waals surface area (Å²) in [6.07, 6.45) is 4.91. The van der Waals surface area contributed by atoms with Gasteiger partial charge in [0.2, 0.25) is 0 Å². The molecule has 0 spiro atoms. The van der Waals surface area contributed by atoms with Crippen molar-refractivity contribution in [3.8, 4) is 5.69 Å². The SMILES string of the molecule is CC(NC(=O)c1ccc(Sc2ccccn2)cc1)c1ccc(-n2cncn2)cc1. The van der Waals surface area contributed by atoms with E-state index in [1.54, 1.807) is 29.0 Å². The second-order valence-electron chi connectivity index (χ2n) is 6.42. The molecule has 7 heteroatoms. The van der Waals surface area contributed by atoms with E-state index in [9.17, 15) is 4.79 Å². The van der Waals surface area contributed by atoms with Gasteiger partial charge in [0.1, 0.15) is 17.7 Å². The number of nitrogens with one attached hydrogen (secondary N) is 1. The quantitative estimate of drug-likeness (QED) is 0.521. The Bertz CT molecular complexity index is 1060. The molecule has 1 unspecified atom stereocenters. The maximum Gasteiger partial charge on any atom is 0.251 e. The molecule has 0 saturated carbocycles. The smallest absolute Gasteiger partial charge is 0.251 e. The number of hydrogen-bond donors (Lipinski definition) is 1. The highest BCUT2D eigenvalue weighted by Gasteiger charge is 2.12. The van der Waals surface area contributed by atoms with Crippen LogP contribution in [-0.2, 0) is 0 Å². The summed E-state index contributed by atoms with van der Waals surface area (Å²) in [5.74, 6) is -0.104. The van der Waals surface area contributed by atoms with E-state index in [1.165, 1.54) is 6.33 Å². The molecule has 1 amide bonds. The third kappa shape index (κ3) is 4.70. The molecule has 2 heterocycles. The van der Waals surface area contributed by atoms with Gasteiger partial charge >= 0.3 is 0 Å². The van der Waals surface area contributed by atoms with Crippen molar-refractivity contribution < 1.29 is 4.79 Å². The number of carbonyl (C=O) groups is 1. The first-order chi connectivity index (χ1) is 14.2. The first-order valence-corrected chi connectivity index (χ1v) is 9.95. The van der Waals surface area contributed by atoms with E-state index in [2.05, 4.69) is 20.4 Å². The second-order valence-corrected chi connectivity index (χ2v) is 7.51. The molecule has 4 aromatic rings. The minimum Gasteiger partial charge on any atom is -0.346 e. The zero-order valence-corrected chi connectivity index (χ0v) is 16.6. The summed E-state index contributed by atoms with van der Waals surface area (Å²) in [6, 6.07) is 21.1. The summed E-state index contributed by atoms with van der Waals surface area (Å²) in [6.45, 7) is 1.97. The number of nitrogens with zero attached hydrogens (tertiary/aromatic N) is 4. The monoisotopic (exact) mass is 401 g/mol. The number of aromatic nitrogens is 4. The van der Waals surface area contributed by atoms with Crippen molar-refractivity contribution in [2.24, 2.45) is 0 Å². The molecule has 6 nitrogen and oxygen atoms in total. The number of hydrogen-bond acceptors (Lipinski definition) is 5. The van der Waals surface area contributed by atoms with Gasteiger partial charge in [-0.2, -0.15) is 5.10 Å². The van der Waals surface area contributed by atoms with Crippen LogP contribution in [0.3, 0.4) is 0 Å². The van der Waals surface area contributed by atoms with Crippen LogP contribution in [0.5, 0.6) is 0 Å². The number of amides is 1. The number of rotatable bonds is 6. The van der Waals surface area contributed by atoms with E-state index in [1.807, 2.05) is 73.7 Å². The third-order valence-electron chi connectivity index (χ3n) is 4.40. The van der Waals surface area contributed by atoms with Gasteiger partial charge < -0.3 is 5.32 Å². The lowest BCUT2D eigenvalue weighted by molar-refractivity contribution is 0.0940. The average Bonchev–Trinajstić information content (AvgIpc) is 3.30. The lowest BCUT2D eigenvalue weighted by Gasteiger charge is -2.15. The van der Waals surface area contributed by atoms with Gasteiger partial charge in [0.15, 0.2) is 0 Å². The van der Waals surface area contributed by atoms with Crippen molar-refractivity contribution in [3.63, 3.8) is 0 Å². The van der Waals surface area contributed by atoms with Gasteiger partial charge in [0.05, 0.1) is 11.7 Å². The van der Waals surface area contributed by atoms with Gasteiger partial charge in [-0.05, 0) is 61.0 Å². The van der Waals surface area contributed by atoms with Crippen LogP contribution in [0.1, 0.15) is 28.9 Å².